The van der Waals surface area contributed by atoms with Crippen molar-refractivity contribution < 1.29 is 27.4 Å². The first-order valence-corrected chi connectivity index (χ1v) is 11.9. The number of benzene rings is 3. The molecule has 0 unspecified atom stereocenters. The topological polar surface area (TPSA) is 43.0 Å². The predicted molar refractivity (Wildman–Crippen MR) is 135 cm³/mol. The highest BCUT2D eigenvalue weighted by Crippen LogP contribution is 2.41. The smallest absolute Gasteiger partial charge is 0.416 e. The van der Waals surface area contributed by atoms with Crippen molar-refractivity contribution in [1.82, 2.24) is 5.32 Å². The second-order valence-electron chi connectivity index (χ2n) is 8.77. The Bertz CT molecular complexity index is 1130. The summed E-state index contributed by atoms with van der Waals surface area (Å²) in [6, 6.07) is 17.7. The Morgan fingerprint density at radius 2 is 1.47 bits per heavy atom. The Hall–Kier alpha value is -3.39. The monoisotopic (exact) mass is 500 g/mol. The van der Waals surface area contributed by atoms with Gasteiger partial charge < -0.3 is 24.4 Å². The number of anilines is 1. The third-order valence-electron chi connectivity index (χ3n) is 6.55. The van der Waals surface area contributed by atoms with E-state index in [0.717, 1.165) is 60.4 Å². The maximum atomic E-state index is 13.1. The second-order valence-corrected chi connectivity index (χ2v) is 8.77. The van der Waals surface area contributed by atoms with Gasteiger partial charge in [0.1, 0.15) is 0 Å². The number of halogens is 3. The van der Waals surface area contributed by atoms with E-state index in [-0.39, 0.29) is 6.04 Å². The van der Waals surface area contributed by atoms with Gasteiger partial charge in [0.05, 0.1) is 26.9 Å². The summed E-state index contributed by atoms with van der Waals surface area (Å²) in [5.74, 6) is 1.66. The van der Waals surface area contributed by atoms with Gasteiger partial charge >= 0.3 is 6.18 Å². The number of nitrogens with zero attached hydrogens (tertiary/aromatic N) is 1. The number of ether oxygens (including phenoxy) is 3. The number of hydrogen-bond donors (Lipinski definition) is 1. The molecule has 0 saturated carbocycles. The van der Waals surface area contributed by atoms with Crippen LogP contribution in [0, 0.1) is 0 Å². The molecule has 8 heteroatoms. The van der Waals surface area contributed by atoms with Crippen LogP contribution < -0.4 is 24.4 Å². The summed E-state index contributed by atoms with van der Waals surface area (Å²) in [6.07, 6.45) is -2.51. The van der Waals surface area contributed by atoms with Gasteiger partial charge in [-0.1, -0.05) is 18.2 Å². The number of alkyl halides is 3. The zero-order valence-electron chi connectivity index (χ0n) is 20.7. The van der Waals surface area contributed by atoms with Crippen molar-refractivity contribution in [3.05, 3.63) is 71.8 Å². The van der Waals surface area contributed by atoms with E-state index in [1.807, 2.05) is 30.3 Å². The Morgan fingerprint density at radius 1 is 0.833 bits per heavy atom. The van der Waals surface area contributed by atoms with Crippen LogP contribution in [-0.4, -0.2) is 40.5 Å². The highest BCUT2D eigenvalue weighted by atomic mass is 19.4. The van der Waals surface area contributed by atoms with Crippen molar-refractivity contribution in [3.63, 3.8) is 0 Å². The molecule has 0 spiro atoms. The lowest BCUT2D eigenvalue weighted by Crippen LogP contribution is -2.43. The van der Waals surface area contributed by atoms with E-state index in [1.165, 1.54) is 0 Å². The van der Waals surface area contributed by atoms with E-state index in [4.69, 9.17) is 14.2 Å². The molecule has 3 aromatic carbocycles. The van der Waals surface area contributed by atoms with Gasteiger partial charge in [0, 0.05) is 18.3 Å². The first-order chi connectivity index (χ1) is 17.3. The number of rotatable bonds is 8. The van der Waals surface area contributed by atoms with Crippen LogP contribution in [0.2, 0.25) is 0 Å². The van der Waals surface area contributed by atoms with Gasteiger partial charge in [0.2, 0.25) is 5.75 Å². The zero-order valence-corrected chi connectivity index (χ0v) is 20.7. The fraction of sp³-hybridized carbons (Fsp3) is 0.357. The highest BCUT2D eigenvalue weighted by Gasteiger charge is 2.30. The van der Waals surface area contributed by atoms with Crippen molar-refractivity contribution >= 4 is 5.69 Å². The maximum Gasteiger partial charge on any atom is 0.416 e. The van der Waals surface area contributed by atoms with E-state index in [2.05, 4.69) is 16.3 Å². The third-order valence-corrected chi connectivity index (χ3v) is 6.55. The van der Waals surface area contributed by atoms with Crippen LogP contribution in [0.1, 0.15) is 24.0 Å². The van der Waals surface area contributed by atoms with Crippen LogP contribution in [-0.2, 0) is 12.7 Å². The summed E-state index contributed by atoms with van der Waals surface area (Å²) < 4.78 is 55.9. The molecule has 4 rings (SSSR count). The molecule has 0 aliphatic carbocycles. The lowest BCUT2D eigenvalue weighted by atomic mass is 9.99. The van der Waals surface area contributed by atoms with Crippen LogP contribution in [0.3, 0.4) is 0 Å². The number of piperidine rings is 1. The first kappa shape index (κ1) is 25.7. The molecule has 1 saturated heterocycles. The van der Waals surface area contributed by atoms with Crippen LogP contribution in [0.5, 0.6) is 17.2 Å². The fourth-order valence-corrected chi connectivity index (χ4v) is 4.69. The molecule has 1 heterocycles. The van der Waals surface area contributed by atoms with Crippen molar-refractivity contribution in [2.75, 3.05) is 39.3 Å². The van der Waals surface area contributed by atoms with Crippen molar-refractivity contribution in [2.24, 2.45) is 0 Å². The molecular formula is C28H31F3N2O3. The third kappa shape index (κ3) is 5.70. The van der Waals surface area contributed by atoms with E-state index >= 15 is 0 Å². The van der Waals surface area contributed by atoms with Crippen LogP contribution in [0.25, 0.3) is 11.1 Å². The molecule has 0 bridgehead atoms. The summed E-state index contributed by atoms with van der Waals surface area (Å²) in [7, 11) is 4.73. The molecule has 1 aliphatic heterocycles. The maximum absolute atomic E-state index is 13.1. The van der Waals surface area contributed by atoms with Gasteiger partial charge in [-0.15, -0.1) is 0 Å². The highest BCUT2D eigenvalue weighted by molar-refractivity contribution is 5.71. The number of nitrogens with one attached hydrogen (secondary N) is 1. The normalized spacial score (nSPS) is 14.4. The van der Waals surface area contributed by atoms with E-state index in [1.54, 1.807) is 33.5 Å². The van der Waals surface area contributed by atoms with Crippen molar-refractivity contribution in [3.8, 4) is 28.4 Å². The second kappa shape index (κ2) is 11.1. The molecule has 0 amide bonds. The molecule has 36 heavy (non-hydrogen) atoms. The lowest BCUT2D eigenvalue weighted by Gasteiger charge is -2.37. The zero-order chi connectivity index (χ0) is 25.7. The number of hydrogen-bond acceptors (Lipinski definition) is 5. The summed E-state index contributed by atoms with van der Waals surface area (Å²) in [4.78, 5) is 2.22. The summed E-state index contributed by atoms with van der Waals surface area (Å²) in [6.45, 7) is 2.34. The summed E-state index contributed by atoms with van der Waals surface area (Å²) in [5, 5.41) is 3.37. The molecular weight excluding hydrogens is 469 g/mol. The molecule has 3 aromatic rings. The Balaban J connectivity index is 1.66. The lowest BCUT2D eigenvalue weighted by molar-refractivity contribution is -0.137. The Labute approximate surface area is 209 Å². The largest absolute Gasteiger partial charge is 0.493 e. The molecule has 1 aliphatic rings. The average molecular weight is 501 g/mol. The van der Waals surface area contributed by atoms with Gasteiger partial charge in [0.25, 0.3) is 0 Å². The number of methoxy groups -OCH3 is 3. The molecule has 0 aromatic heterocycles. The molecule has 1 fully saturated rings. The minimum Gasteiger partial charge on any atom is -0.493 e. The molecule has 192 valence electrons. The minimum atomic E-state index is -4.35. The van der Waals surface area contributed by atoms with E-state index < -0.39 is 11.7 Å². The van der Waals surface area contributed by atoms with Crippen molar-refractivity contribution in [2.45, 2.75) is 31.6 Å². The summed E-state index contributed by atoms with van der Waals surface area (Å²) >= 11 is 0. The standard InChI is InChI=1S/C28H31F3N2O3/c1-34-25-16-21(17-26(35-2)27(25)36-3)20-6-4-5-19(15-20)18-33(24-11-13-32-14-12-24)23-9-7-22(8-10-23)28(29,30)31/h4-10,15-17,24,32H,11-14,18H2,1-3H3. The molecule has 5 nitrogen and oxygen atoms in total. The van der Waals surface area contributed by atoms with Crippen molar-refractivity contribution in [1.29, 1.82) is 0 Å². The van der Waals surface area contributed by atoms with Gasteiger partial charge in [-0.2, -0.15) is 13.2 Å². The molecule has 0 atom stereocenters. The van der Waals surface area contributed by atoms with Gasteiger partial charge in [-0.3, -0.25) is 0 Å². The van der Waals surface area contributed by atoms with Crippen LogP contribution in [0.4, 0.5) is 18.9 Å². The predicted octanol–water partition coefficient (Wildman–Crippen LogP) is 6.16. The van der Waals surface area contributed by atoms with Gasteiger partial charge in [0.15, 0.2) is 11.5 Å². The SMILES string of the molecule is COc1cc(-c2cccc(CN(c3ccc(C(F)(F)F)cc3)C3CCNCC3)c2)cc(OC)c1OC. The fourth-order valence-electron chi connectivity index (χ4n) is 4.69. The minimum absolute atomic E-state index is 0.229. The van der Waals surface area contributed by atoms with E-state index in [9.17, 15) is 13.2 Å². The molecule has 1 N–H and O–H groups in total. The first-order valence-electron chi connectivity index (χ1n) is 11.9. The quantitative estimate of drug-likeness (QED) is 0.402. The van der Waals surface area contributed by atoms with Crippen LogP contribution >= 0.6 is 0 Å². The van der Waals surface area contributed by atoms with Gasteiger partial charge in [-0.25, -0.2) is 0 Å². The van der Waals surface area contributed by atoms with E-state index in [0.29, 0.717) is 23.8 Å². The molecule has 0 radical (unpaired) electrons. The Morgan fingerprint density at radius 3 is 2.03 bits per heavy atom. The summed E-state index contributed by atoms with van der Waals surface area (Å²) in [5.41, 5.74) is 3.09. The average Bonchev–Trinajstić information content (AvgIpc) is 2.91. The Kier molecular flexibility index (Phi) is 7.94. The van der Waals surface area contributed by atoms with Crippen LogP contribution in [0.15, 0.2) is 60.7 Å². The van der Waals surface area contributed by atoms with Gasteiger partial charge in [-0.05, 0) is 85.1 Å².